The number of nitrogens with zero attached hydrogens (tertiary/aromatic N) is 1. The van der Waals surface area contributed by atoms with E-state index in [-0.39, 0.29) is 5.91 Å². The van der Waals surface area contributed by atoms with Crippen molar-refractivity contribution in [3.8, 4) is 5.75 Å². The zero-order valence-electron chi connectivity index (χ0n) is 12.5. The van der Waals surface area contributed by atoms with E-state index in [4.69, 9.17) is 16.3 Å². The first kappa shape index (κ1) is 16.3. The zero-order valence-corrected chi connectivity index (χ0v) is 13.2. The van der Waals surface area contributed by atoms with Gasteiger partial charge in [-0.05, 0) is 43.4 Å². The summed E-state index contributed by atoms with van der Waals surface area (Å²) in [5, 5.41) is 3.47. The van der Waals surface area contributed by atoms with Crippen molar-refractivity contribution in [2.45, 2.75) is 0 Å². The van der Waals surface area contributed by atoms with Crippen molar-refractivity contribution < 1.29 is 9.53 Å². The summed E-state index contributed by atoms with van der Waals surface area (Å²) in [6.07, 6.45) is 0. The number of carbonyl (C=O) groups excluding carboxylic acids is 1. The Bertz CT molecular complexity index is 587. The fraction of sp³-hybridized carbons (Fsp3) is 0.235. The van der Waals surface area contributed by atoms with Gasteiger partial charge in [0.05, 0.1) is 6.54 Å². The largest absolute Gasteiger partial charge is 0.492 e. The van der Waals surface area contributed by atoms with Crippen LogP contribution in [-0.2, 0) is 4.79 Å². The summed E-state index contributed by atoms with van der Waals surface area (Å²) in [6.45, 7) is 1.51. The summed E-state index contributed by atoms with van der Waals surface area (Å²) in [4.78, 5) is 13.8. The van der Waals surface area contributed by atoms with Gasteiger partial charge in [-0.25, -0.2) is 0 Å². The molecule has 0 radical (unpaired) electrons. The van der Waals surface area contributed by atoms with Crippen molar-refractivity contribution in [3.63, 3.8) is 0 Å². The number of halogens is 1. The lowest BCUT2D eigenvalue weighted by Gasteiger charge is -2.16. The molecule has 5 heteroatoms. The molecule has 0 atom stereocenters. The summed E-state index contributed by atoms with van der Waals surface area (Å²) < 4.78 is 5.60. The predicted molar refractivity (Wildman–Crippen MR) is 89.5 cm³/mol. The quantitative estimate of drug-likeness (QED) is 0.851. The molecule has 2 rings (SSSR count). The molecule has 116 valence electrons. The predicted octanol–water partition coefficient (Wildman–Crippen LogP) is 3.29. The van der Waals surface area contributed by atoms with Gasteiger partial charge in [0.1, 0.15) is 12.4 Å². The first-order chi connectivity index (χ1) is 10.6. The third-order valence-electron chi connectivity index (χ3n) is 3.03. The second-order valence-electron chi connectivity index (χ2n) is 4.95. The molecule has 4 nitrogen and oxygen atoms in total. The van der Waals surface area contributed by atoms with Gasteiger partial charge in [0.2, 0.25) is 5.91 Å². The van der Waals surface area contributed by atoms with Crippen molar-refractivity contribution in [2.75, 3.05) is 32.1 Å². The Labute approximate surface area is 135 Å². The number of rotatable bonds is 7. The van der Waals surface area contributed by atoms with E-state index >= 15 is 0 Å². The van der Waals surface area contributed by atoms with E-state index in [2.05, 4.69) is 5.32 Å². The number of benzene rings is 2. The number of ether oxygens (including phenoxy) is 1. The molecule has 2 aromatic carbocycles. The van der Waals surface area contributed by atoms with Crippen LogP contribution < -0.4 is 10.1 Å². The van der Waals surface area contributed by atoms with Crippen LogP contribution in [0, 0.1) is 0 Å². The van der Waals surface area contributed by atoms with Crippen molar-refractivity contribution in [3.05, 3.63) is 59.6 Å². The van der Waals surface area contributed by atoms with E-state index in [1.54, 1.807) is 24.3 Å². The molecule has 0 aliphatic rings. The monoisotopic (exact) mass is 318 g/mol. The minimum atomic E-state index is -0.0652. The second kappa shape index (κ2) is 8.41. The highest BCUT2D eigenvalue weighted by atomic mass is 35.5. The smallest absolute Gasteiger partial charge is 0.238 e. The number of carbonyl (C=O) groups is 1. The van der Waals surface area contributed by atoms with Gasteiger partial charge in [0.15, 0.2) is 0 Å². The van der Waals surface area contributed by atoms with E-state index in [1.807, 2.05) is 42.3 Å². The van der Waals surface area contributed by atoms with Crippen LogP contribution in [-0.4, -0.2) is 37.6 Å². The van der Waals surface area contributed by atoms with Gasteiger partial charge < -0.3 is 10.1 Å². The van der Waals surface area contributed by atoms with Gasteiger partial charge in [-0.2, -0.15) is 0 Å². The summed E-state index contributed by atoms with van der Waals surface area (Å²) in [5.74, 6) is 0.769. The van der Waals surface area contributed by atoms with E-state index in [0.717, 1.165) is 11.4 Å². The summed E-state index contributed by atoms with van der Waals surface area (Å²) >= 11 is 5.81. The summed E-state index contributed by atoms with van der Waals surface area (Å²) in [5.41, 5.74) is 0.739. The SMILES string of the molecule is CN(CCOc1ccccc1)CC(=O)Nc1ccc(Cl)cc1. The van der Waals surface area contributed by atoms with Crippen LogP contribution in [0.1, 0.15) is 0 Å². The van der Waals surface area contributed by atoms with Crippen LogP contribution in [0.25, 0.3) is 0 Å². The number of para-hydroxylation sites is 1. The van der Waals surface area contributed by atoms with Crippen molar-refractivity contribution in [1.82, 2.24) is 4.90 Å². The highest BCUT2D eigenvalue weighted by Gasteiger charge is 2.07. The number of anilines is 1. The average molecular weight is 319 g/mol. The lowest BCUT2D eigenvalue weighted by Crippen LogP contribution is -2.33. The molecule has 0 bridgehead atoms. The van der Waals surface area contributed by atoms with Crippen LogP contribution in [0.15, 0.2) is 54.6 Å². The van der Waals surface area contributed by atoms with E-state index in [9.17, 15) is 4.79 Å². The fourth-order valence-corrected chi connectivity index (χ4v) is 2.02. The molecule has 0 saturated heterocycles. The molecule has 0 saturated carbocycles. The van der Waals surface area contributed by atoms with E-state index in [0.29, 0.717) is 24.7 Å². The normalized spacial score (nSPS) is 10.5. The number of amides is 1. The molecule has 22 heavy (non-hydrogen) atoms. The zero-order chi connectivity index (χ0) is 15.8. The molecule has 0 unspecified atom stereocenters. The Morgan fingerprint density at radius 1 is 1.14 bits per heavy atom. The maximum absolute atomic E-state index is 11.9. The van der Waals surface area contributed by atoms with Gasteiger partial charge in [-0.1, -0.05) is 29.8 Å². The highest BCUT2D eigenvalue weighted by Crippen LogP contribution is 2.13. The number of hydrogen-bond acceptors (Lipinski definition) is 3. The summed E-state index contributed by atoms with van der Waals surface area (Å²) in [6, 6.07) is 16.7. The molecule has 1 N–H and O–H groups in total. The molecule has 0 aliphatic carbocycles. The lowest BCUT2D eigenvalue weighted by molar-refractivity contribution is -0.117. The minimum Gasteiger partial charge on any atom is -0.492 e. The number of nitrogens with one attached hydrogen (secondary N) is 1. The summed E-state index contributed by atoms with van der Waals surface area (Å²) in [7, 11) is 1.88. The molecule has 0 aromatic heterocycles. The fourth-order valence-electron chi connectivity index (χ4n) is 1.89. The Balaban J connectivity index is 1.68. The van der Waals surface area contributed by atoms with E-state index in [1.165, 1.54) is 0 Å². The van der Waals surface area contributed by atoms with Gasteiger partial charge in [0, 0.05) is 17.3 Å². The number of likely N-dealkylation sites (N-methyl/N-ethyl adjacent to an activating group) is 1. The average Bonchev–Trinajstić information content (AvgIpc) is 2.50. The van der Waals surface area contributed by atoms with Crippen LogP contribution in [0.4, 0.5) is 5.69 Å². The minimum absolute atomic E-state index is 0.0652. The van der Waals surface area contributed by atoms with Crippen LogP contribution >= 0.6 is 11.6 Å². The molecule has 0 spiro atoms. The molecule has 0 aliphatic heterocycles. The maximum Gasteiger partial charge on any atom is 0.238 e. The third-order valence-corrected chi connectivity index (χ3v) is 3.28. The molecular formula is C17H19ClN2O2. The molecule has 1 amide bonds. The van der Waals surface area contributed by atoms with Crippen molar-refractivity contribution in [1.29, 1.82) is 0 Å². The van der Waals surface area contributed by atoms with Gasteiger partial charge in [0.25, 0.3) is 0 Å². The maximum atomic E-state index is 11.9. The van der Waals surface area contributed by atoms with Crippen molar-refractivity contribution in [2.24, 2.45) is 0 Å². The molecule has 2 aromatic rings. The Kier molecular flexibility index (Phi) is 6.25. The van der Waals surface area contributed by atoms with Gasteiger partial charge in [-0.3, -0.25) is 9.69 Å². The van der Waals surface area contributed by atoms with Crippen molar-refractivity contribution >= 4 is 23.2 Å². The Hall–Kier alpha value is -2.04. The highest BCUT2D eigenvalue weighted by molar-refractivity contribution is 6.30. The first-order valence-electron chi connectivity index (χ1n) is 7.05. The van der Waals surface area contributed by atoms with E-state index < -0.39 is 0 Å². The molecule has 0 heterocycles. The van der Waals surface area contributed by atoms with Crippen LogP contribution in [0.2, 0.25) is 5.02 Å². The number of hydrogen-bond donors (Lipinski definition) is 1. The lowest BCUT2D eigenvalue weighted by atomic mass is 10.3. The third kappa shape index (κ3) is 5.76. The van der Waals surface area contributed by atoms with Gasteiger partial charge >= 0.3 is 0 Å². The molecular weight excluding hydrogens is 300 g/mol. The van der Waals surface area contributed by atoms with Gasteiger partial charge in [-0.15, -0.1) is 0 Å². The Morgan fingerprint density at radius 2 is 1.82 bits per heavy atom. The Morgan fingerprint density at radius 3 is 2.50 bits per heavy atom. The molecule has 0 fully saturated rings. The topological polar surface area (TPSA) is 41.6 Å². The standard InChI is InChI=1S/C17H19ClN2O2/c1-20(11-12-22-16-5-3-2-4-6-16)13-17(21)19-15-9-7-14(18)8-10-15/h2-10H,11-13H2,1H3,(H,19,21). The first-order valence-corrected chi connectivity index (χ1v) is 7.43. The second-order valence-corrected chi connectivity index (χ2v) is 5.39. The van der Waals surface area contributed by atoms with Crippen LogP contribution in [0.5, 0.6) is 5.75 Å². The van der Waals surface area contributed by atoms with Crippen LogP contribution in [0.3, 0.4) is 0 Å².